The highest BCUT2D eigenvalue weighted by Crippen LogP contribution is 2.58. The summed E-state index contributed by atoms with van der Waals surface area (Å²) in [6, 6.07) is 21.2. The second kappa shape index (κ2) is 8.90. The molecule has 164 valence electrons. The minimum Gasteiger partial charge on any atom is -0.378 e. The van der Waals surface area contributed by atoms with Gasteiger partial charge in [0.25, 0.3) is 5.69 Å². The number of alkyl halides is 1. The summed E-state index contributed by atoms with van der Waals surface area (Å²) in [6.07, 6.45) is 0.849. The Morgan fingerprint density at radius 3 is 2.59 bits per heavy atom. The number of hydrogen-bond donors (Lipinski definition) is 1. The van der Waals surface area contributed by atoms with Gasteiger partial charge in [0.05, 0.1) is 21.2 Å². The number of benzene rings is 3. The molecule has 0 amide bonds. The molecule has 0 spiro atoms. The van der Waals surface area contributed by atoms with Gasteiger partial charge in [0, 0.05) is 32.4 Å². The predicted molar refractivity (Wildman–Crippen MR) is 135 cm³/mol. The van der Waals surface area contributed by atoms with Crippen LogP contribution in [-0.4, -0.2) is 15.6 Å². The summed E-state index contributed by atoms with van der Waals surface area (Å²) < 4.78 is 1.01. The third kappa shape index (κ3) is 4.03. The molecule has 3 aromatic rings. The van der Waals surface area contributed by atoms with Gasteiger partial charge in [-0.1, -0.05) is 51.8 Å². The molecule has 1 saturated carbocycles. The SMILES string of the molecule is O=[N+]([O-])c1ccccc1S[C@H]1C[C@H]2[C@H](c3cc(Br)ccc3N[C@H]2c2ccc(Cl)cc2)[C@@H]1Cl. The number of para-hydroxylation sites is 1. The molecule has 1 aliphatic carbocycles. The van der Waals surface area contributed by atoms with E-state index in [1.165, 1.54) is 17.3 Å². The number of nitro groups is 1. The third-order valence-electron chi connectivity index (χ3n) is 6.35. The molecule has 5 atom stereocenters. The standard InChI is InChI=1S/C24H19BrCl2N2O2S/c25-14-7-10-18-16(11-14)22-17(24(28-18)13-5-8-15(26)9-6-13)12-21(23(22)27)32-20-4-2-1-3-19(20)29(30)31/h1-11,17,21-24,28H,12H2/t17-,21-,22-,23+,24-/m0/s1. The Morgan fingerprint density at radius 1 is 1.09 bits per heavy atom. The van der Waals surface area contributed by atoms with Crippen molar-refractivity contribution in [3.8, 4) is 0 Å². The number of nitro benzene ring substituents is 1. The quantitative estimate of drug-likeness (QED) is 0.203. The minimum absolute atomic E-state index is 0.0503. The lowest BCUT2D eigenvalue weighted by molar-refractivity contribution is -0.387. The first-order valence-corrected chi connectivity index (χ1v) is 12.8. The predicted octanol–water partition coefficient (Wildman–Crippen LogP) is 8.05. The maximum atomic E-state index is 11.5. The van der Waals surface area contributed by atoms with Crippen LogP contribution in [0.2, 0.25) is 5.02 Å². The largest absolute Gasteiger partial charge is 0.378 e. The van der Waals surface area contributed by atoms with Crippen LogP contribution in [0.15, 0.2) is 76.1 Å². The van der Waals surface area contributed by atoms with Crippen LogP contribution in [-0.2, 0) is 0 Å². The molecule has 2 aliphatic rings. The normalized spacial score (nSPS) is 26.2. The second-order valence-electron chi connectivity index (χ2n) is 8.16. The van der Waals surface area contributed by atoms with Gasteiger partial charge >= 0.3 is 0 Å². The Balaban J connectivity index is 1.53. The van der Waals surface area contributed by atoms with E-state index in [4.69, 9.17) is 23.2 Å². The highest BCUT2D eigenvalue weighted by Gasteiger charge is 2.50. The van der Waals surface area contributed by atoms with Gasteiger partial charge in [-0.15, -0.1) is 23.4 Å². The summed E-state index contributed by atoms with van der Waals surface area (Å²) in [5, 5.41) is 15.9. The van der Waals surface area contributed by atoms with Gasteiger partial charge in [-0.25, -0.2) is 0 Å². The molecule has 0 saturated heterocycles. The van der Waals surface area contributed by atoms with E-state index >= 15 is 0 Å². The van der Waals surface area contributed by atoms with Crippen molar-refractivity contribution in [2.75, 3.05) is 5.32 Å². The van der Waals surface area contributed by atoms with Crippen molar-refractivity contribution in [3.05, 3.63) is 97.5 Å². The number of halogens is 3. The molecule has 32 heavy (non-hydrogen) atoms. The fourth-order valence-electron chi connectivity index (χ4n) is 4.96. The van der Waals surface area contributed by atoms with E-state index in [2.05, 4.69) is 45.5 Å². The number of rotatable bonds is 4. The van der Waals surface area contributed by atoms with E-state index in [-0.39, 0.29) is 39.1 Å². The number of nitrogens with one attached hydrogen (secondary N) is 1. The highest BCUT2D eigenvalue weighted by atomic mass is 79.9. The van der Waals surface area contributed by atoms with Crippen molar-refractivity contribution in [2.45, 2.75) is 33.9 Å². The zero-order chi connectivity index (χ0) is 22.4. The van der Waals surface area contributed by atoms with E-state index in [1.54, 1.807) is 12.1 Å². The number of nitrogens with zero attached hydrogens (tertiary/aromatic N) is 1. The van der Waals surface area contributed by atoms with E-state index in [1.807, 2.05) is 30.3 Å². The number of hydrogen-bond acceptors (Lipinski definition) is 4. The molecule has 1 fully saturated rings. The molecule has 0 aromatic heterocycles. The van der Waals surface area contributed by atoms with Gasteiger partial charge in [-0.05, 0) is 59.9 Å². The molecular weight excluding hydrogens is 531 g/mol. The Bertz CT molecular complexity index is 1180. The molecule has 8 heteroatoms. The van der Waals surface area contributed by atoms with Gasteiger partial charge in [0.15, 0.2) is 0 Å². The van der Waals surface area contributed by atoms with Crippen LogP contribution in [0, 0.1) is 16.0 Å². The number of fused-ring (bicyclic) bond motifs is 3. The van der Waals surface area contributed by atoms with Gasteiger partial charge in [0.2, 0.25) is 0 Å². The molecule has 4 nitrogen and oxygen atoms in total. The smallest absolute Gasteiger partial charge is 0.282 e. The van der Waals surface area contributed by atoms with Crippen LogP contribution in [0.25, 0.3) is 0 Å². The Morgan fingerprint density at radius 2 is 1.84 bits per heavy atom. The van der Waals surface area contributed by atoms with Gasteiger partial charge < -0.3 is 5.32 Å². The molecule has 5 rings (SSSR count). The molecule has 0 radical (unpaired) electrons. The Kier molecular flexibility index (Phi) is 6.14. The van der Waals surface area contributed by atoms with Crippen molar-refractivity contribution in [1.82, 2.24) is 0 Å². The first-order chi connectivity index (χ1) is 15.4. The lowest BCUT2D eigenvalue weighted by Gasteiger charge is -2.38. The lowest BCUT2D eigenvalue weighted by atomic mass is 9.77. The van der Waals surface area contributed by atoms with Crippen LogP contribution >= 0.6 is 50.9 Å². The first-order valence-electron chi connectivity index (χ1n) is 10.3. The van der Waals surface area contributed by atoms with Crippen LogP contribution in [0.5, 0.6) is 0 Å². The summed E-state index contributed by atoms with van der Waals surface area (Å²) in [5.74, 6) is 0.382. The summed E-state index contributed by atoms with van der Waals surface area (Å²) in [6.45, 7) is 0. The molecule has 1 heterocycles. The molecule has 0 bridgehead atoms. The van der Waals surface area contributed by atoms with Crippen molar-refractivity contribution >= 4 is 62.3 Å². The fraction of sp³-hybridized carbons (Fsp3) is 0.250. The average molecular weight is 550 g/mol. The average Bonchev–Trinajstić information content (AvgIpc) is 3.10. The van der Waals surface area contributed by atoms with E-state index in [0.29, 0.717) is 9.92 Å². The van der Waals surface area contributed by atoms with Crippen LogP contribution in [0.1, 0.15) is 29.5 Å². The zero-order valence-electron chi connectivity index (χ0n) is 16.8. The second-order valence-corrected chi connectivity index (χ2v) is 11.3. The molecule has 1 aliphatic heterocycles. The van der Waals surface area contributed by atoms with Crippen molar-refractivity contribution in [1.29, 1.82) is 0 Å². The van der Waals surface area contributed by atoms with Gasteiger partial charge in [0.1, 0.15) is 0 Å². The Labute approximate surface area is 209 Å². The highest BCUT2D eigenvalue weighted by molar-refractivity contribution is 9.10. The molecule has 0 unspecified atom stereocenters. The van der Waals surface area contributed by atoms with Crippen LogP contribution in [0.4, 0.5) is 11.4 Å². The van der Waals surface area contributed by atoms with E-state index in [9.17, 15) is 10.1 Å². The summed E-state index contributed by atoms with van der Waals surface area (Å²) in [7, 11) is 0. The molecule has 3 aromatic carbocycles. The van der Waals surface area contributed by atoms with Gasteiger partial charge in [-0.2, -0.15) is 0 Å². The molecule has 1 N–H and O–H groups in total. The summed E-state index contributed by atoms with van der Waals surface area (Å²) in [5.41, 5.74) is 3.57. The Hall–Kier alpha value is -1.73. The summed E-state index contributed by atoms with van der Waals surface area (Å²) >= 11 is 18.4. The van der Waals surface area contributed by atoms with Crippen molar-refractivity contribution < 1.29 is 4.92 Å². The minimum atomic E-state index is -0.321. The van der Waals surface area contributed by atoms with Gasteiger partial charge in [-0.3, -0.25) is 10.1 Å². The molecular formula is C24H19BrCl2N2O2S. The summed E-state index contributed by atoms with van der Waals surface area (Å²) in [4.78, 5) is 11.9. The zero-order valence-corrected chi connectivity index (χ0v) is 20.7. The maximum absolute atomic E-state index is 11.5. The number of thioether (sulfide) groups is 1. The van der Waals surface area contributed by atoms with Crippen LogP contribution < -0.4 is 5.32 Å². The van der Waals surface area contributed by atoms with Crippen molar-refractivity contribution in [3.63, 3.8) is 0 Å². The van der Waals surface area contributed by atoms with E-state index < -0.39 is 0 Å². The van der Waals surface area contributed by atoms with Crippen molar-refractivity contribution in [2.24, 2.45) is 5.92 Å². The fourth-order valence-corrected chi connectivity index (χ4v) is 7.41. The topological polar surface area (TPSA) is 55.2 Å². The van der Waals surface area contributed by atoms with E-state index in [0.717, 1.165) is 22.1 Å². The monoisotopic (exact) mass is 548 g/mol. The first kappa shape index (κ1) is 22.1. The number of anilines is 1. The lowest BCUT2D eigenvalue weighted by Crippen LogP contribution is -2.31. The maximum Gasteiger partial charge on any atom is 0.282 e. The third-order valence-corrected chi connectivity index (χ3v) is 9.20. The van der Waals surface area contributed by atoms with Crippen LogP contribution in [0.3, 0.4) is 0 Å².